The minimum atomic E-state index is -0.438. The Labute approximate surface area is 75.4 Å². The van der Waals surface area contributed by atoms with Gasteiger partial charge in [-0.05, 0) is 0 Å². The van der Waals surface area contributed by atoms with Crippen LogP contribution in [0.2, 0.25) is 0 Å². The van der Waals surface area contributed by atoms with Crippen LogP contribution in [-0.2, 0) is 4.79 Å². The van der Waals surface area contributed by atoms with Gasteiger partial charge < -0.3 is 5.32 Å². The zero-order valence-corrected chi connectivity index (χ0v) is 7.43. The molecule has 2 heterocycles. The van der Waals surface area contributed by atoms with Crippen molar-refractivity contribution in [2.45, 2.75) is 17.7 Å². The molecule has 0 saturated carbocycles. The van der Waals surface area contributed by atoms with E-state index in [9.17, 15) is 4.79 Å². The number of nitrogens with zero attached hydrogens (tertiary/aromatic N) is 1. The highest BCUT2D eigenvalue weighted by molar-refractivity contribution is 6.21. The first kappa shape index (κ1) is 8.25. The summed E-state index contributed by atoms with van der Waals surface area (Å²) in [6.07, 6.45) is 0. The number of alkyl halides is 1. The molecule has 6 heteroatoms. The number of carbonyl (C=O) groups excluding carboxylic acids is 1. The fourth-order valence-electron chi connectivity index (χ4n) is 1.67. The van der Waals surface area contributed by atoms with Crippen LogP contribution in [0.1, 0.15) is 0 Å². The predicted octanol–water partition coefficient (Wildman–Crippen LogP) is -1.58. The number of carbonyl (C=O) groups is 1. The Hall–Kier alpha value is -0.360. The Balaban J connectivity index is 2.14. The smallest absolute Gasteiger partial charge is 0.242 e. The van der Waals surface area contributed by atoms with E-state index in [4.69, 9.17) is 11.6 Å². The molecule has 2 fully saturated rings. The van der Waals surface area contributed by atoms with Crippen LogP contribution in [0.5, 0.6) is 0 Å². The number of halogens is 1. The molecule has 1 amide bonds. The normalized spacial score (nSPS) is 42.5. The topological polar surface area (TPSA) is 56.4 Å². The van der Waals surface area contributed by atoms with Gasteiger partial charge in [0.2, 0.25) is 5.91 Å². The quantitative estimate of drug-likeness (QED) is 0.319. The molecule has 12 heavy (non-hydrogen) atoms. The van der Waals surface area contributed by atoms with Gasteiger partial charge in [-0.15, -0.1) is 0 Å². The van der Waals surface area contributed by atoms with E-state index in [1.54, 1.807) is 5.01 Å². The monoisotopic (exact) mass is 190 g/mol. The number of hydrogen-bond donors (Lipinski definition) is 3. The summed E-state index contributed by atoms with van der Waals surface area (Å²) in [6.45, 7) is 0.748. The van der Waals surface area contributed by atoms with Crippen LogP contribution in [0.15, 0.2) is 0 Å². The molecule has 0 radical (unpaired) electrons. The van der Waals surface area contributed by atoms with Crippen molar-refractivity contribution < 1.29 is 4.79 Å². The lowest BCUT2D eigenvalue weighted by Crippen LogP contribution is -2.63. The van der Waals surface area contributed by atoms with Gasteiger partial charge in [-0.2, -0.15) is 0 Å². The Kier molecular flexibility index (Phi) is 1.96. The molecule has 2 rings (SSSR count). The third kappa shape index (κ3) is 1.19. The van der Waals surface area contributed by atoms with Crippen molar-refractivity contribution in [2.24, 2.45) is 0 Å². The average Bonchev–Trinajstić information content (AvgIpc) is 2.31. The molecule has 68 valence electrons. The summed E-state index contributed by atoms with van der Waals surface area (Å²) in [7, 11) is 1.85. The summed E-state index contributed by atoms with van der Waals surface area (Å²) in [5.41, 5.74) is 2.63. The fourth-order valence-corrected chi connectivity index (χ4v) is 1.94. The van der Waals surface area contributed by atoms with E-state index in [1.807, 2.05) is 7.05 Å². The van der Waals surface area contributed by atoms with Crippen LogP contribution in [-0.4, -0.2) is 42.2 Å². The van der Waals surface area contributed by atoms with Crippen molar-refractivity contribution in [1.82, 2.24) is 21.1 Å². The van der Waals surface area contributed by atoms with E-state index in [2.05, 4.69) is 16.1 Å². The Morgan fingerprint density at radius 2 is 2.42 bits per heavy atom. The van der Waals surface area contributed by atoms with Crippen molar-refractivity contribution >= 4 is 17.5 Å². The van der Waals surface area contributed by atoms with Gasteiger partial charge in [0.05, 0.1) is 0 Å². The van der Waals surface area contributed by atoms with Crippen LogP contribution in [0.25, 0.3) is 0 Å². The third-order valence-electron chi connectivity index (χ3n) is 2.26. The zero-order valence-electron chi connectivity index (χ0n) is 6.67. The minimum absolute atomic E-state index is 0.0220. The van der Waals surface area contributed by atoms with E-state index >= 15 is 0 Å². The fraction of sp³-hybridized carbons (Fsp3) is 0.833. The molecule has 0 spiro atoms. The maximum absolute atomic E-state index is 11.4. The first-order chi connectivity index (χ1) is 5.68. The molecule has 2 aliphatic heterocycles. The molecule has 3 atom stereocenters. The van der Waals surface area contributed by atoms with E-state index in [-0.39, 0.29) is 18.0 Å². The Morgan fingerprint density at radius 3 is 3.17 bits per heavy atom. The summed E-state index contributed by atoms with van der Waals surface area (Å²) in [6, 6.07) is -0.0220. The summed E-state index contributed by atoms with van der Waals surface area (Å²) >= 11 is 5.74. The molecule has 0 aromatic carbocycles. The number of fused-ring (bicyclic) bond motifs is 1. The van der Waals surface area contributed by atoms with Crippen molar-refractivity contribution in [3.05, 3.63) is 0 Å². The lowest BCUT2D eigenvalue weighted by Gasteiger charge is -2.31. The molecule has 0 bridgehead atoms. The van der Waals surface area contributed by atoms with Crippen molar-refractivity contribution in [2.75, 3.05) is 13.6 Å². The second-order valence-electron chi connectivity index (χ2n) is 3.06. The van der Waals surface area contributed by atoms with Gasteiger partial charge in [-0.3, -0.25) is 15.5 Å². The first-order valence-corrected chi connectivity index (χ1v) is 4.29. The summed E-state index contributed by atoms with van der Waals surface area (Å²) in [5, 5.41) is 7.48. The standard InChI is InChI=1S/C6H11ClN4O/c1-11-4-3(2-8-11)9-6(7)10-5(4)12/h3-4,6,8-9H,2H2,1H3,(H,10,12). The second kappa shape index (κ2) is 2.85. The van der Waals surface area contributed by atoms with E-state index in [1.165, 1.54) is 0 Å². The van der Waals surface area contributed by atoms with Crippen molar-refractivity contribution in [3.8, 4) is 0 Å². The van der Waals surface area contributed by atoms with E-state index < -0.39 is 5.62 Å². The van der Waals surface area contributed by atoms with Gasteiger partial charge in [0.15, 0.2) is 5.62 Å². The average molecular weight is 191 g/mol. The van der Waals surface area contributed by atoms with Gasteiger partial charge in [0.25, 0.3) is 0 Å². The zero-order chi connectivity index (χ0) is 8.72. The van der Waals surface area contributed by atoms with Gasteiger partial charge >= 0.3 is 0 Å². The molecular weight excluding hydrogens is 180 g/mol. The number of hydrazine groups is 1. The lowest BCUT2D eigenvalue weighted by molar-refractivity contribution is -0.128. The number of hydrogen-bond acceptors (Lipinski definition) is 4. The lowest BCUT2D eigenvalue weighted by atomic mass is 10.1. The SMILES string of the molecule is CN1NCC2NC(Cl)NC(=O)C21. The predicted molar refractivity (Wildman–Crippen MR) is 44.3 cm³/mol. The number of rotatable bonds is 0. The van der Waals surface area contributed by atoms with E-state index in [0.29, 0.717) is 0 Å². The molecule has 0 aromatic heterocycles. The summed E-state index contributed by atoms with van der Waals surface area (Å²) < 4.78 is 0. The minimum Gasteiger partial charge on any atom is -0.326 e. The van der Waals surface area contributed by atoms with Crippen LogP contribution < -0.4 is 16.1 Å². The maximum atomic E-state index is 11.4. The highest BCUT2D eigenvalue weighted by Gasteiger charge is 2.41. The third-order valence-corrected chi connectivity index (χ3v) is 2.49. The molecule has 3 N–H and O–H groups in total. The van der Waals surface area contributed by atoms with Crippen LogP contribution in [0.4, 0.5) is 0 Å². The maximum Gasteiger partial charge on any atom is 0.242 e. The largest absolute Gasteiger partial charge is 0.326 e. The van der Waals surface area contributed by atoms with E-state index in [0.717, 1.165) is 6.54 Å². The van der Waals surface area contributed by atoms with Gasteiger partial charge in [0, 0.05) is 19.6 Å². The molecule has 2 aliphatic rings. The van der Waals surface area contributed by atoms with Gasteiger partial charge in [0.1, 0.15) is 6.04 Å². The molecule has 2 saturated heterocycles. The number of nitrogens with one attached hydrogen (secondary N) is 3. The molecular formula is C6H11ClN4O. The summed E-state index contributed by atoms with van der Waals surface area (Å²) in [5.74, 6) is -0.0220. The van der Waals surface area contributed by atoms with Gasteiger partial charge in [-0.25, -0.2) is 5.01 Å². The second-order valence-corrected chi connectivity index (χ2v) is 3.50. The van der Waals surface area contributed by atoms with Crippen molar-refractivity contribution in [3.63, 3.8) is 0 Å². The highest BCUT2D eigenvalue weighted by Crippen LogP contribution is 2.13. The molecule has 0 aliphatic carbocycles. The summed E-state index contributed by atoms with van der Waals surface area (Å²) in [4.78, 5) is 11.4. The van der Waals surface area contributed by atoms with Crippen LogP contribution in [0.3, 0.4) is 0 Å². The number of amides is 1. The Morgan fingerprint density at radius 1 is 1.67 bits per heavy atom. The van der Waals surface area contributed by atoms with Crippen molar-refractivity contribution in [1.29, 1.82) is 0 Å². The first-order valence-electron chi connectivity index (χ1n) is 3.85. The molecule has 5 nitrogen and oxygen atoms in total. The van der Waals surface area contributed by atoms with Crippen LogP contribution in [0, 0.1) is 0 Å². The molecule has 3 unspecified atom stereocenters. The number of likely N-dealkylation sites (N-methyl/N-ethyl adjacent to an activating group) is 1. The highest BCUT2D eigenvalue weighted by atomic mass is 35.5. The van der Waals surface area contributed by atoms with Crippen LogP contribution >= 0.6 is 11.6 Å². The molecule has 0 aromatic rings. The Bertz CT molecular complexity index is 212. The van der Waals surface area contributed by atoms with Gasteiger partial charge in [-0.1, -0.05) is 11.6 Å².